The van der Waals surface area contributed by atoms with Gasteiger partial charge in [-0.3, -0.25) is 9.59 Å². The number of hydrogen-bond acceptors (Lipinski definition) is 3. The molecule has 0 radical (unpaired) electrons. The van der Waals surface area contributed by atoms with Gasteiger partial charge in [0, 0.05) is 23.5 Å². The Morgan fingerprint density at radius 2 is 1.76 bits per heavy atom. The number of carboxylic acid groups (broad SMARTS) is 1. The molecule has 0 fully saturated rings. The molecule has 1 aromatic heterocycles. The Balaban J connectivity index is 1.48. The molecule has 3 N–H and O–H groups in total. The molecule has 168 valence electrons. The summed E-state index contributed by atoms with van der Waals surface area (Å²) in [5, 5.41) is 12.3. The van der Waals surface area contributed by atoms with Crippen LogP contribution in [-0.4, -0.2) is 22.0 Å². The number of carbonyl (C=O) groups excluding carboxylic acids is 1. The third-order valence-electron chi connectivity index (χ3n) is 5.12. The second-order valence-corrected chi connectivity index (χ2v) is 7.61. The zero-order valence-electron chi connectivity index (χ0n) is 17.6. The van der Waals surface area contributed by atoms with Crippen molar-refractivity contribution >= 4 is 22.8 Å². The van der Waals surface area contributed by atoms with Crippen LogP contribution in [0.5, 0.6) is 11.5 Å². The first kappa shape index (κ1) is 22.0. The Morgan fingerprint density at radius 3 is 2.55 bits per heavy atom. The van der Waals surface area contributed by atoms with Crippen molar-refractivity contribution in [1.29, 1.82) is 0 Å². The van der Waals surface area contributed by atoms with Crippen molar-refractivity contribution in [2.45, 2.75) is 19.9 Å². The van der Waals surface area contributed by atoms with Crippen molar-refractivity contribution in [3.8, 4) is 11.5 Å². The smallest absolute Gasteiger partial charge is 0.307 e. The molecule has 0 aliphatic heterocycles. The number of ether oxygens (including phenoxy) is 1. The van der Waals surface area contributed by atoms with Gasteiger partial charge in [-0.15, -0.1) is 0 Å². The largest absolute Gasteiger partial charge is 0.481 e. The number of carbonyl (C=O) groups is 2. The van der Waals surface area contributed by atoms with Gasteiger partial charge in [0.05, 0.1) is 6.42 Å². The fourth-order valence-corrected chi connectivity index (χ4v) is 3.61. The molecule has 0 aliphatic carbocycles. The van der Waals surface area contributed by atoms with Crippen LogP contribution in [0, 0.1) is 18.6 Å². The SMILES string of the molecule is Cc1c(C(=O)NCc2cc(F)cc(Oc3cccc(CC(=O)O)c3)c2)[nH]c2ccc(F)cc12. The summed E-state index contributed by atoms with van der Waals surface area (Å²) >= 11 is 0. The zero-order chi connectivity index (χ0) is 23.5. The lowest BCUT2D eigenvalue weighted by Crippen LogP contribution is -2.23. The molecule has 1 heterocycles. The lowest BCUT2D eigenvalue weighted by molar-refractivity contribution is -0.136. The molecule has 4 rings (SSSR count). The molecule has 1 amide bonds. The number of nitrogens with one attached hydrogen (secondary N) is 2. The fraction of sp³-hybridized carbons (Fsp3) is 0.120. The highest BCUT2D eigenvalue weighted by Crippen LogP contribution is 2.26. The van der Waals surface area contributed by atoms with Gasteiger partial charge >= 0.3 is 5.97 Å². The molecule has 0 atom stereocenters. The third-order valence-corrected chi connectivity index (χ3v) is 5.12. The van der Waals surface area contributed by atoms with Gasteiger partial charge in [-0.1, -0.05) is 12.1 Å². The van der Waals surface area contributed by atoms with E-state index in [2.05, 4.69) is 10.3 Å². The van der Waals surface area contributed by atoms with E-state index in [1.807, 2.05) is 0 Å². The van der Waals surface area contributed by atoms with Gasteiger partial charge < -0.3 is 20.1 Å². The number of aromatic nitrogens is 1. The summed E-state index contributed by atoms with van der Waals surface area (Å²) in [6.45, 7) is 1.76. The molecule has 4 aromatic rings. The minimum absolute atomic E-state index is 0.0369. The highest BCUT2D eigenvalue weighted by molar-refractivity contribution is 6.00. The molecule has 6 nitrogen and oxygen atoms in total. The Bertz CT molecular complexity index is 1360. The van der Waals surface area contributed by atoms with Crippen LogP contribution in [-0.2, 0) is 17.8 Å². The van der Waals surface area contributed by atoms with Gasteiger partial charge in [-0.2, -0.15) is 0 Å². The molecule has 0 saturated heterocycles. The first-order chi connectivity index (χ1) is 15.8. The van der Waals surface area contributed by atoms with Crippen molar-refractivity contribution in [3.63, 3.8) is 0 Å². The van der Waals surface area contributed by atoms with Crippen LogP contribution in [0.25, 0.3) is 10.9 Å². The Kier molecular flexibility index (Phi) is 6.08. The third kappa shape index (κ3) is 5.17. The number of amides is 1. The predicted molar refractivity (Wildman–Crippen MR) is 118 cm³/mol. The molecule has 33 heavy (non-hydrogen) atoms. The summed E-state index contributed by atoms with van der Waals surface area (Å²) < 4.78 is 33.4. The average Bonchev–Trinajstić information content (AvgIpc) is 3.07. The summed E-state index contributed by atoms with van der Waals surface area (Å²) in [5.41, 5.74) is 2.59. The standard InChI is InChI=1S/C25H20F2N2O4/c1-14-21-12-17(26)5-6-22(21)29-24(14)25(32)28-13-16-7-18(27)11-20(9-16)33-19-4-2-3-15(8-19)10-23(30)31/h2-9,11-12,29H,10,13H2,1H3,(H,28,32)(H,30,31). The number of hydrogen-bond donors (Lipinski definition) is 3. The van der Waals surface area contributed by atoms with Gasteiger partial charge in [-0.05, 0) is 66.1 Å². The summed E-state index contributed by atoms with van der Waals surface area (Å²) in [6, 6.07) is 14.8. The molecule has 0 spiro atoms. The number of aromatic amines is 1. The van der Waals surface area contributed by atoms with E-state index in [9.17, 15) is 18.4 Å². The minimum Gasteiger partial charge on any atom is -0.481 e. The van der Waals surface area contributed by atoms with Gasteiger partial charge in [-0.25, -0.2) is 8.78 Å². The Morgan fingerprint density at radius 1 is 0.970 bits per heavy atom. The van der Waals surface area contributed by atoms with Crippen LogP contribution >= 0.6 is 0 Å². The van der Waals surface area contributed by atoms with E-state index in [0.29, 0.717) is 39.0 Å². The number of rotatable bonds is 7. The van der Waals surface area contributed by atoms with Gasteiger partial charge in [0.2, 0.25) is 0 Å². The van der Waals surface area contributed by atoms with Crippen LogP contribution < -0.4 is 10.1 Å². The number of aryl methyl sites for hydroxylation is 1. The van der Waals surface area contributed by atoms with Gasteiger partial charge in [0.1, 0.15) is 28.8 Å². The molecule has 0 aliphatic rings. The van der Waals surface area contributed by atoms with E-state index < -0.39 is 23.5 Å². The van der Waals surface area contributed by atoms with E-state index in [-0.39, 0.29) is 18.7 Å². The first-order valence-electron chi connectivity index (χ1n) is 10.1. The van der Waals surface area contributed by atoms with E-state index in [0.717, 1.165) is 0 Å². The van der Waals surface area contributed by atoms with E-state index in [4.69, 9.17) is 9.84 Å². The van der Waals surface area contributed by atoms with Crippen molar-refractivity contribution < 1.29 is 28.2 Å². The lowest BCUT2D eigenvalue weighted by atomic mass is 10.1. The summed E-state index contributed by atoms with van der Waals surface area (Å²) in [7, 11) is 0. The van der Waals surface area contributed by atoms with E-state index in [1.54, 1.807) is 43.3 Å². The zero-order valence-corrected chi connectivity index (χ0v) is 17.6. The number of halogens is 2. The van der Waals surface area contributed by atoms with Crippen molar-refractivity contribution in [1.82, 2.24) is 10.3 Å². The van der Waals surface area contributed by atoms with E-state index in [1.165, 1.54) is 24.3 Å². The van der Waals surface area contributed by atoms with Gasteiger partial charge in [0.15, 0.2) is 0 Å². The molecular formula is C25H20F2N2O4. The summed E-state index contributed by atoms with van der Waals surface area (Å²) in [5.74, 6) is -1.73. The monoisotopic (exact) mass is 450 g/mol. The lowest BCUT2D eigenvalue weighted by Gasteiger charge is -2.10. The number of H-pyrrole nitrogens is 1. The fourth-order valence-electron chi connectivity index (χ4n) is 3.61. The number of carboxylic acids is 1. The second kappa shape index (κ2) is 9.12. The average molecular weight is 450 g/mol. The quantitative estimate of drug-likeness (QED) is 0.365. The maximum Gasteiger partial charge on any atom is 0.307 e. The van der Waals surface area contributed by atoms with Crippen molar-refractivity contribution in [3.05, 3.63) is 94.7 Å². The normalized spacial score (nSPS) is 10.9. The maximum atomic E-state index is 14.2. The highest BCUT2D eigenvalue weighted by Gasteiger charge is 2.15. The molecular weight excluding hydrogens is 430 g/mol. The van der Waals surface area contributed by atoms with Crippen LogP contribution in [0.15, 0.2) is 60.7 Å². The van der Waals surface area contributed by atoms with Gasteiger partial charge in [0.25, 0.3) is 5.91 Å². The molecule has 0 bridgehead atoms. The minimum atomic E-state index is -0.966. The number of benzene rings is 3. The summed E-state index contributed by atoms with van der Waals surface area (Å²) in [6.07, 6.45) is -0.155. The number of aliphatic carboxylic acids is 1. The van der Waals surface area contributed by atoms with Crippen molar-refractivity contribution in [2.75, 3.05) is 0 Å². The Labute approximate surface area is 187 Å². The topological polar surface area (TPSA) is 91.4 Å². The van der Waals surface area contributed by atoms with Crippen LogP contribution in [0.1, 0.15) is 27.2 Å². The first-order valence-corrected chi connectivity index (χ1v) is 10.1. The highest BCUT2D eigenvalue weighted by atomic mass is 19.1. The predicted octanol–water partition coefficient (Wildman–Crippen LogP) is 5.10. The van der Waals surface area contributed by atoms with Crippen molar-refractivity contribution in [2.24, 2.45) is 0 Å². The van der Waals surface area contributed by atoms with Crippen LogP contribution in [0.3, 0.4) is 0 Å². The summed E-state index contributed by atoms with van der Waals surface area (Å²) in [4.78, 5) is 26.6. The Hall–Kier alpha value is -4.20. The molecule has 0 unspecified atom stereocenters. The molecule has 8 heteroatoms. The number of fused-ring (bicyclic) bond motifs is 1. The molecule has 3 aromatic carbocycles. The maximum absolute atomic E-state index is 14.2. The molecule has 0 saturated carbocycles. The second-order valence-electron chi connectivity index (χ2n) is 7.61. The van der Waals surface area contributed by atoms with E-state index >= 15 is 0 Å². The van der Waals surface area contributed by atoms with Crippen LogP contribution in [0.4, 0.5) is 8.78 Å². The van der Waals surface area contributed by atoms with Crippen LogP contribution in [0.2, 0.25) is 0 Å².